The van der Waals surface area contributed by atoms with Crippen molar-refractivity contribution in [3.05, 3.63) is 86.9 Å². The highest BCUT2D eigenvalue weighted by Gasteiger charge is 2.18. The first-order chi connectivity index (χ1) is 14.8. The van der Waals surface area contributed by atoms with Crippen LogP contribution >= 0.6 is 0 Å². The number of hydrogen-bond donors (Lipinski definition) is 2. The maximum absolute atomic E-state index is 12.2. The van der Waals surface area contributed by atoms with Gasteiger partial charge in [0.2, 0.25) is 5.76 Å². The number of nitro benzene ring substituents is 1. The van der Waals surface area contributed by atoms with E-state index in [1.165, 1.54) is 24.3 Å². The third kappa shape index (κ3) is 4.99. The number of hydrogen-bond acceptors (Lipinski definition) is 8. The van der Waals surface area contributed by atoms with Gasteiger partial charge in [-0.2, -0.15) is 0 Å². The Labute approximate surface area is 177 Å². The van der Waals surface area contributed by atoms with Gasteiger partial charge in [-0.3, -0.25) is 10.1 Å². The number of nitrogen functional groups attached to an aromatic ring is 1. The van der Waals surface area contributed by atoms with E-state index in [0.717, 1.165) is 5.56 Å². The maximum Gasteiger partial charge on any atom is 0.400 e. The van der Waals surface area contributed by atoms with Gasteiger partial charge in [0.25, 0.3) is 0 Å². The number of nitro groups is 1. The predicted octanol–water partition coefficient (Wildman–Crippen LogP) is 3.44. The Balaban J connectivity index is 1.65. The highest BCUT2D eigenvalue weighted by molar-refractivity contribution is 6.00. The Morgan fingerprint density at radius 3 is 2.71 bits per heavy atom. The lowest BCUT2D eigenvalue weighted by molar-refractivity contribution is -0.386. The maximum atomic E-state index is 12.2. The molecule has 31 heavy (non-hydrogen) atoms. The van der Waals surface area contributed by atoms with Crippen LogP contribution in [-0.2, 0) is 11.4 Å². The van der Waals surface area contributed by atoms with Crippen LogP contribution in [0.15, 0.2) is 58.1 Å². The molecule has 0 radical (unpaired) electrons. The quantitative estimate of drug-likeness (QED) is 0.146. The molecular formula is C21H20N4O6. The van der Waals surface area contributed by atoms with E-state index < -0.39 is 10.9 Å². The zero-order valence-corrected chi connectivity index (χ0v) is 16.8. The Bertz CT molecular complexity index is 1170. The molecule has 160 valence electrons. The standard InChI is InChI=1S/C21H20N4O6/c1-12-6-8-18(17(10-12)25(27)28)29-11-14-7-9-19(30-14)21(26)31-24-20(23)15-4-3-5-16(22)13(15)2/h3-10H,11,22H2,1-2H3,(H2,23,24). The van der Waals surface area contributed by atoms with Crippen LogP contribution in [0.3, 0.4) is 0 Å². The largest absolute Gasteiger partial charge is 0.479 e. The number of ether oxygens (including phenoxy) is 1. The number of benzene rings is 2. The minimum atomic E-state index is -0.864. The lowest BCUT2D eigenvalue weighted by Crippen LogP contribution is -2.17. The number of nitrogens with two attached hydrogens (primary N) is 2. The Kier molecular flexibility index (Phi) is 6.20. The van der Waals surface area contributed by atoms with Gasteiger partial charge in [0.05, 0.1) is 4.92 Å². The van der Waals surface area contributed by atoms with Crippen LogP contribution in [0.5, 0.6) is 5.75 Å². The highest BCUT2D eigenvalue weighted by Crippen LogP contribution is 2.28. The van der Waals surface area contributed by atoms with E-state index in [4.69, 9.17) is 25.5 Å². The summed E-state index contributed by atoms with van der Waals surface area (Å²) < 4.78 is 10.8. The molecule has 0 bridgehead atoms. The number of amidine groups is 1. The number of oxime groups is 1. The molecule has 0 saturated heterocycles. The van der Waals surface area contributed by atoms with E-state index in [9.17, 15) is 14.9 Å². The summed E-state index contributed by atoms with van der Waals surface area (Å²) in [6.07, 6.45) is 0. The van der Waals surface area contributed by atoms with Crippen molar-refractivity contribution in [2.75, 3.05) is 5.73 Å². The lowest BCUT2D eigenvalue weighted by atomic mass is 10.1. The van der Waals surface area contributed by atoms with Gasteiger partial charge in [0, 0.05) is 17.3 Å². The van der Waals surface area contributed by atoms with Crippen molar-refractivity contribution in [3.63, 3.8) is 0 Å². The molecule has 0 fully saturated rings. The molecule has 10 heteroatoms. The van der Waals surface area contributed by atoms with Crippen molar-refractivity contribution in [3.8, 4) is 5.75 Å². The van der Waals surface area contributed by atoms with Gasteiger partial charge in [0.1, 0.15) is 12.4 Å². The SMILES string of the molecule is Cc1ccc(OCc2ccc(C(=O)O/N=C(\N)c3cccc(N)c3C)o2)c([N+](=O)[O-])c1. The van der Waals surface area contributed by atoms with E-state index in [1.807, 2.05) is 0 Å². The summed E-state index contributed by atoms with van der Waals surface area (Å²) in [6, 6.07) is 12.6. The second-order valence-electron chi connectivity index (χ2n) is 6.66. The zero-order chi connectivity index (χ0) is 22.5. The number of anilines is 1. The van der Waals surface area contributed by atoms with Crippen molar-refractivity contribution in [2.45, 2.75) is 20.5 Å². The van der Waals surface area contributed by atoms with E-state index in [0.29, 0.717) is 16.8 Å². The summed E-state index contributed by atoms with van der Waals surface area (Å²) in [5.41, 5.74) is 14.1. The van der Waals surface area contributed by atoms with Gasteiger partial charge in [-0.05, 0) is 49.2 Å². The number of nitrogens with zero attached hydrogens (tertiary/aromatic N) is 2. The molecular weight excluding hydrogens is 404 g/mol. The first kappa shape index (κ1) is 21.4. The van der Waals surface area contributed by atoms with Crippen molar-refractivity contribution in [1.29, 1.82) is 0 Å². The first-order valence-electron chi connectivity index (χ1n) is 9.13. The van der Waals surface area contributed by atoms with Crippen molar-refractivity contribution in [1.82, 2.24) is 0 Å². The van der Waals surface area contributed by atoms with Gasteiger partial charge in [-0.25, -0.2) is 4.79 Å². The predicted molar refractivity (Wildman–Crippen MR) is 113 cm³/mol. The smallest absolute Gasteiger partial charge is 0.400 e. The minimum absolute atomic E-state index is 0.0139. The van der Waals surface area contributed by atoms with Crippen LogP contribution in [0.1, 0.15) is 33.0 Å². The first-order valence-corrected chi connectivity index (χ1v) is 9.13. The topological polar surface area (TPSA) is 156 Å². The van der Waals surface area contributed by atoms with E-state index >= 15 is 0 Å². The van der Waals surface area contributed by atoms with Crippen LogP contribution in [-0.4, -0.2) is 16.7 Å². The minimum Gasteiger partial charge on any atom is -0.479 e. The summed E-state index contributed by atoms with van der Waals surface area (Å²) in [5, 5.41) is 14.8. The molecule has 2 aromatic carbocycles. The molecule has 3 aromatic rings. The van der Waals surface area contributed by atoms with Crippen LogP contribution < -0.4 is 16.2 Å². The third-order valence-corrected chi connectivity index (χ3v) is 4.42. The van der Waals surface area contributed by atoms with Gasteiger partial charge in [0.15, 0.2) is 11.6 Å². The number of carbonyl (C=O) groups is 1. The number of furan rings is 1. The van der Waals surface area contributed by atoms with Crippen molar-refractivity contribution < 1.29 is 23.7 Å². The average Bonchev–Trinajstić information content (AvgIpc) is 3.22. The van der Waals surface area contributed by atoms with Crippen LogP contribution in [0.2, 0.25) is 0 Å². The Morgan fingerprint density at radius 2 is 1.97 bits per heavy atom. The normalized spacial score (nSPS) is 11.2. The highest BCUT2D eigenvalue weighted by atomic mass is 16.7. The third-order valence-electron chi connectivity index (χ3n) is 4.42. The summed E-state index contributed by atoms with van der Waals surface area (Å²) >= 11 is 0. The fourth-order valence-corrected chi connectivity index (χ4v) is 2.72. The summed E-state index contributed by atoms with van der Waals surface area (Å²) in [6.45, 7) is 3.39. The second-order valence-corrected chi connectivity index (χ2v) is 6.66. The molecule has 10 nitrogen and oxygen atoms in total. The molecule has 0 atom stereocenters. The van der Waals surface area contributed by atoms with Crippen molar-refractivity contribution in [2.24, 2.45) is 10.9 Å². The lowest BCUT2D eigenvalue weighted by Gasteiger charge is -2.06. The summed E-state index contributed by atoms with van der Waals surface area (Å²) in [4.78, 5) is 27.6. The molecule has 0 amide bonds. The molecule has 1 aromatic heterocycles. The Hall–Kier alpha value is -4.34. The fourth-order valence-electron chi connectivity index (χ4n) is 2.72. The molecule has 3 rings (SSSR count). The van der Waals surface area contributed by atoms with Crippen LogP contribution in [0.4, 0.5) is 11.4 Å². The molecule has 0 unspecified atom stereocenters. The summed E-state index contributed by atoms with van der Waals surface area (Å²) in [7, 11) is 0. The van der Waals surface area contributed by atoms with E-state index in [-0.39, 0.29) is 35.4 Å². The van der Waals surface area contributed by atoms with E-state index in [1.54, 1.807) is 38.1 Å². The molecule has 0 aliphatic rings. The molecule has 4 N–H and O–H groups in total. The zero-order valence-electron chi connectivity index (χ0n) is 16.8. The average molecular weight is 424 g/mol. The molecule has 0 aliphatic carbocycles. The monoisotopic (exact) mass is 424 g/mol. The molecule has 0 aliphatic heterocycles. The summed E-state index contributed by atoms with van der Waals surface area (Å²) in [5.74, 6) is -0.647. The number of aryl methyl sites for hydroxylation is 1. The number of carbonyl (C=O) groups excluding carboxylic acids is 1. The van der Waals surface area contributed by atoms with Gasteiger partial charge in [-0.1, -0.05) is 23.4 Å². The Morgan fingerprint density at radius 1 is 1.19 bits per heavy atom. The van der Waals surface area contributed by atoms with Gasteiger partial charge >= 0.3 is 11.7 Å². The molecule has 0 spiro atoms. The van der Waals surface area contributed by atoms with Crippen molar-refractivity contribution >= 4 is 23.2 Å². The molecule has 0 saturated carbocycles. The molecule has 1 heterocycles. The van der Waals surface area contributed by atoms with E-state index in [2.05, 4.69) is 5.16 Å². The van der Waals surface area contributed by atoms with Crippen LogP contribution in [0, 0.1) is 24.0 Å². The second kappa shape index (κ2) is 8.99. The fraction of sp³-hybridized carbons (Fsp3) is 0.143. The van der Waals surface area contributed by atoms with Gasteiger partial charge in [-0.15, -0.1) is 0 Å². The number of rotatable bonds is 7. The van der Waals surface area contributed by atoms with Crippen LogP contribution in [0.25, 0.3) is 0 Å². The van der Waals surface area contributed by atoms with Gasteiger partial charge < -0.3 is 25.5 Å².